The minimum Gasteiger partial charge on any atom is -0.508 e. The molecule has 6 nitrogen and oxygen atoms in total. The lowest BCUT2D eigenvalue weighted by Crippen LogP contribution is -2.05. The second-order valence-electron chi connectivity index (χ2n) is 4.80. The molecule has 0 aliphatic carbocycles. The number of fused-ring (bicyclic) bond motifs is 1. The van der Waals surface area contributed by atoms with E-state index < -0.39 is 0 Å². The van der Waals surface area contributed by atoms with Gasteiger partial charge in [0, 0.05) is 24.9 Å². The molecule has 3 aromatic rings. The lowest BCUT2D eigenvalue weighted by atomic mass is 10.1. The van der Waals surface area contributed by atoms with Crippen molar-refractivity contribution in [1.29, 1.82) is 0 Å². The van der Waals surface area contributed by atoms with E-state index in [0.717, 1.165) is 10.9 Å². The molecular weight excluding hydrogens is 268 g/mol. The van der Waals surface area contributed by atoms with E-state index in [-0.39, 0.29) is 11.7 Å². The van der Waals surface area contributed by atoms with Crippen LogP contribution in [0, 0.1) is 0 Å². The zero-order valence-corrected chi connectivity index (χ0v) is 11.7. The Hall–Kier alpha value is -2.89. The highest BCUT2D eigenvalue weighted by Gasteiger charge is 2.13. The minimum absolute atomic E-state index is 0.154. The first-order valence-electron chi connectivity index (χ1n) is 6.44. The number of aromatic nitrogens is 3. The lowest BCUT2D eigenvalue weighted by molar-refractivity contribution is -0.114. The van der Waals surface area contributed by atoms with E-state index in [4.69, 9.17) is 0 Å². The fourth-order valence-electron chi connectivity index (χ4n) is 2.28. The Labute approximate surface area is 121 Å². The number of hydrogen-bond donors (Lipinski definition) is 2. The number of phenols is 1. The monoisotopic (exact) mass is 282 g/mol. The van der Waals surface area contributed by atoms with Gasteiger partial charge in [-0.05, 0) is 18.2 Å². The number of amides is 1. The molecule has 0 unspecified atom stereocenters. The van der Waals surface area contributed by atoms with Crippen LogP contribution in [-0.4, -0.2) is 25.8 Å². The first-order valence-corrected chi connectivity index (χ1v) is 6.44. The van der Waals surface area contributed by atoms with Gasteiger partial charge in [0.15, 0.2) is 5.65 Å². The van der Waals surface area contributed by atoms with Crippen molar-refractivity contribution in [2.45, 2.75) is 6.92 Å². The lowest BCUT2D eigenvalue weighted by Gasteiger charge is -2.02. The number of rotatable bonds is 2. The van der Waals surface area contributed by atoms with Crippen LogP contribution in [0.3, 0.4) is 0 Å². The standard InChI is InChI=1S/C15H14N4O2/c1-9(20)17-11-7-13-14(10-4-3-5-12(21)6-10)18-19(2)15(13)16-8-11/h3-8,21H,1-2H3,(H,17,20). The second kappa shape index (κ2) is 4.90. The highest BCUT2D eigenvalue weighted by atomic mass is 16.3. The zero-order chi connectivity index (χ0) is 15.0. The average Bonchev–Trinajstić information content (AvgIpc) is 2.75. The van der Waals surface area contributed by atoms with Crippen LogP contribution < -0.4 is 5.32 Å². The van der Waals surface area contributed by atoms with E-state index in [9.17, 15) is 9.90 Å². The third-order valence-electron chi connectivity index (χ3n) is 3.12. The van der Waals surface area contributed by atoms with Crippen molar-refractivity contribution in [3.8, 4) is 17.0 Å². The molecule has 1 aromatic carbocycles. The summed E-state index contributed by atoms with van der Waals surface area (Å²) in [6.07, 6.45) is 1.59. The number of anilines is 1. The Morgan fingerprint density at radius 2 is 2.14 bits per heavy atom. The van der Waals surface area contributed by atoms with Gasteiger partial charge < -0.3 is 10.4 Å². The van der Waals surface area contributed by atoms with Crippen molar-refractivity contribution in [2.24, 2.45) is 7.05 Å². The summed E-state index contributed by atoms with van der Waals surface area (Å²) in [6.45, 7) is 1.45. The normalized spacial score (nSPS) is 10.8. The van der Waals surface area contributed by atoms with Crippen LogP contribution in [-0.2, 0) is 11.8 Å². The highest BCUT2D eigenvalue weighted by molar-refractivity contribution is 5.96. The van der Waals surface area contributed by atoms with E-state index in [1.54, 1.807) is 36.1 Å². The van der Waals surface area contributed by atoms with Gasteiger partial charge in [0.25, 0.3) is 0 Å². The van der Waals surface area contributed by atoms with Gasteiger partial charge in [-0.25, -0.2) is 9.67 Å². The third kappa shape index (κ3) is 2.43. The third-order valence-corrected chi connectivity index (χ3v) is 3.12. The fraction of sp³-hybridized carbons (Fsp3) is 0.133. The van der Waals surface area contributed by atoms with E-state index in [1.165, 1.54) is 6.92 Å². The Morgan fingerprint density at radius 3 is 2.86 bits per heavy atom. The number of pyridine rings is 1. The van der Waals surface area contributed by atoms with Crippen molar-refractivity contribution >= 4 is 22.6 Å². The number of aromatic hydroxyl groups is 1. The van der Waals surface area contributed by atoms with Crippen molar-refractivity contribution < 1.29 is 9.90 Å². The second-order valence-corrected chi connectivity index (χ2v) is 4.80. The van der Waals surface area contributed by atoms with Crippen molar-refractivity contribution in [3.05, 3.63) is 36.5 Å². The van der Waals surface area contributed by atoms with Crippen molar-refractivity contribution in [2.75, 3.05) is 5.32 Å². The molecule has 0 radical (unpaired) electrons. The SMILES string of the molecule is CC(=O)Nc1cnc2c(c1)c(-c1cccc(O)c1)nn2C. The van der Waals surface area contributed by atoms with Gasteiger partial charge in [0.05, 0.1) is 11.9 Å². The summed E-state index contributed by atoms with van der Waals surface area (Å²) in [6, 6.07) is 8.71. The van der Waals surface area contributed by atoms with E-state index in [2.05, 4.69) is 15.4 Å². The van der Waals surface area contributed by atoms with Gasteiger partial charge in [0.2, 0.25) is 5.91 Å². The molecule has 0 bridgehead atoms. The molecule has 0 saturated heterocycles. The van der Waals surface area contributed by atoms with Crippen LogP contribution in [0.2, 0.25) is 0 Å². The van der Waals surface area contributed by atoms with Gasteiger partial charge in [-0.15, -0.1) is 0 Å². The molecule has 2 heterocycles. The summed E-state index contributed by atoms with van der Waals surface area (Å²) in [7, 11) is 1.81. The molecular formula is C15H14N4O2. The first kappa shape index (κ1) is 13.1. The molecule has 3 rings (SSSR count). The molecule has 0 aliphatic rings. The van der Waals surface area contributed by atoms with Gasteiger partial charge in [-0.2, -0.15) is 5.10 Å². The van der Waals surface area contributed by atoms with Gasteiger partial charge in [0.1, 0.15) is 11.4 Å². The number of benzene rings is 1. The molecule has 2 N–H and O–H groups in total. The van der Waals surface area contributed by atoms with Crippen LogP contribution in [0.1, 0.15) is 6.92 Å². The average molecular weight is 282 g/mol. The summed E-state index contributed by atoms with van der Waals surface area (Å²) in [5, 5.41) is 17.6. The summed E-state index contributed by atoms with van der Waals surface area (Å²) in [5.74, 6) is 0.0243. The molecule has 0 atom stereocenters. The molecule has 106 valence electrons. The Kier molecular flexibility index (Phi) is 3.06. The van der Waals surface area contributed by atoms with Crippen LogP contribution in [0.5, 0.6) is 5.75 Å². The van der Waals surface area contributed by atoms with Crippen LogP contribution >= 0.6 is 0 Å². The van der Waals surface area contributed by atoms with Gasteiger partial charge >= 0.3 is 0 Å². The smallest absolute Gasteiger partial charge is 0.221 e. The number of phenolic OH excluding ortho intramolecular Hbond substituents is 1. The van der Waals surface area contributed by atoms with Crippen molar-refractivity contribution in [3.63, 3.8) is 0 Å². The van der Waals surface area contributed by atoms with Gasteiger partial charge in [-0.1, -0.05) is 12.1 Å². The molecule has 0 spiro atoms. The first-order chi connectivity index (χ1) is 10.0. The molecule has 0 fully saturated rings. The number of nitrogens with zero attached hydrogens (tertiary/aromatic N) is 3. The summed E-state index contributed by atoms with van der Waals surface area (Å²) >= 11 is 0. The topological polar surface area (TPSA) is 80.0 Å². The molecule has 1 amide bonds. The van der Waals surface area contributed by atoms with Crippen molar-refractivity contribution in [1.82, 2.24) is 14.8 Å². The Morgan fingerprint density at radius 1 is 1.33 bits per heavy atom. The summed E-state index contributed by atoms with van der Waals surface area (Å²) in [5.41, 5.74) is 2.83. The molecule has 2 aromatic heterocycles. The van der Waals surface area contributed by atoms with Crippen LogP contribution in [0.25, 0.3) is 22.3 Å². The number of nitrogens with one attached hydrogen (secondary N) is 1. The van der Waals surface area contributed by atoms with E-state index in [0.29, 0.717) is 17.0 Å². The zero-order valence-electron chi connectivity index (χ0n) is 11.7. The Balaban J connectivity index is 2.20. The number of carbonyl (C=O) groups excluding carboxylic acids is 1. The quantitative estimate of drug-likeness (QED) is 0.755. The molecule has 0 saturated carbocycles. The van der Waals surface area contributed by atoms with E-state index >= 15 is 0 Å². The maximum Gasteiger partial charge on any atom is 0.221 e. The van der Waals surface area contributed by atoms with E-state index in [1.807, 2.05) is 12.1 Å². The number of hydrogen-bond acceptors (Lipinski definition) is 4. The Bertz CT molecular complexity index is 839. The maximum atomic E-state index is 11.2. The minimum atomic E-state index is -0.154. The van der Waals surface area contributed by atoms with Gasteiger partial charge in [-0.3, -0.25) is 4.79 Å². The van der Waals surface area contributed by atoms with Crippen LogP contribution in [0.4, 0.5) is 5.69 Å². The largest absolute Gasteiger partial charge is 0.508 e. The maximum absolute atomic E-state index is 11.2. The summed E-state index contributed by atoms with van der Waals surface area (Å²) in [4.78, 5) is 15.5. The van der Waals surface area contributed by atoms with Crippen LogP contribution in [0.15, 0.2) is 36.5 Å². The molecule has 21 heavy (non-hydrogen) atoms. The fourth-order valence-corrected chi connectivity index (χ4v) is 2.28. The number of carbonyl (C=O) groups is 1. The predicted molar refractivity (Wildman–Crippen MR) is 79.9 cm³/mol. The summed E-state index contributed by atoms with van der Waals surface area (Å²) < 4.78 is 1.67. The highest BCUT2D eigenvalue weighted by Crippen LogP contribution is 2.30. The molecule has 0 aliphatic heterocycles. The molecule has 6 heteroatoms. The predicted octanol–water partition coefficient (Wildman–Crippen LogP) is 2.30. The number of aryl methyl sites for hydroxylation is 1.